The molecule has 1 aromatic heterocycles. The summed E-state index contributed by atoms with van der Waals surface area (Å²) in [6.45, 7) is 0. The van der Waals surface area contributed by atoms with Gasteiger partial charge >= 0.3 is 0 Å². The fourth-order valence-corrected chi connectivity index (χ4v) is 3.37. The summed E-state index contributed by atoms with van der Waals surface area (Å²) >= 11 is 0. The predicted octanol–water partition coefficient (Wildman–Crippen LogP) is 1.54. The van der Waals surface area contributed by atoms with Gasteiger partial charge in [0.1, 0.15) is 6.33 Å². The molecule has 0 saturated carbocycles. The fraction of sp³-hybridized carbons (Fsp3) is 0.250. The van der Waals surface area contributed by atoms with Crippen LogP contribution in [0.2, 0.25) is 0 Å². The van der Waals surface area contributed by atoms with Crippen LogP contribution in [0.15, 0.2) is 48.8 Å². The summed E-state index contributed by atoms with van der Waals surface area (Å²) in [7, 11) is 0. The van der Waals surface area contributed by atoms with Gasteiger partial charge in [-0.05, 0) is 77.1 Å². The van der Waals surface area contributed by atoms with Crippen LogP contribution in [0, 0.1) is 0 Å². The summed E-state index contributed by atoms with van der Waals surface area (Å²) < 4.78 is 1.49. The SMILES string of the molecule is O=C(Cc1ccc2c(c1)CCCC2)NNC(=O)c1ccc(-n2cnnn2)cc1. The minimum atomic E-state index is -0.387. The molecule has 2 N–H and O–H groups in total. The van der Waals surface area contributed by atoms with E-state index in [0.717, 1.165) is 24.1 Å². The van der Waals surface area contributed by atoms with E-state index >= 15 is 0 Å². The summed E-state index contributed by atoms with van der Waals surface area (Å²) in [5.74, 6) is -0.642. The first-order valence-corrected chi connectivity index (χ1v) is 9.22. The Morgan fingerprint density at radius 2 is 1.75 bits per heavy atom. The fourth-order valence-electron chi connectivity index (χ4n) is 3.37. The van der Waals surface area contributed by atoms with Crippen LogP contribution in [-0.4, -0.2) is 32.0 Å². The van der Waals surface area contributed by atoms with Crippen molar-refractivity contribution < 1.29 is 9.59 Å². The Bertz CT molecular complexity index is 982. The van der Waals surface area contributed by atoms with Crippen molar-refractivity contribution in [2.45, 2.75) is 32.1 Å². The number of hydrogen-bond donors (Lipinski definition) is 2. The molecular weight excluding hydrogens is 356 g/mol. The summed E-state index contributed by atoms with van der Waals surface area (Å²) in [5.41, 5.74) is 9.76. The maximum absolute atomic E-state index is 12.2. The Balaban J connectivity index is 1.31. The molecule has 0 aliphatic heterocycles. The Labute approximate surface area is 161 Å². The van der Waals surface area contributed by atoms with Crippen molar-refractivity contribution in [1.29, 1.82) is 0 Å². The molecule has 28 heavy (non-hydrogen) atoms. The highest BCUT2D eigenvalue weighted by atomic mass is 16.2. The van der Waals surface area contributed by atoms with Gasteiger partial charge < -0.3 is 0 Å². The Kier molecular flexibility index (Phi) is 5.09. The Hall–Kier alpha value is -3.55. The van der Waals surface area contributed by atoms with Gasteiger partial charge in [0.2, 0.25) is 5.91 Å². The molecule has 1 heterocycles. The molecule has 0 spiro atoms. The van der Waals surface area contributed by atoms with Crippen LogP contribution in [0.25, 0.3) is 5.69 Å². The van der Waals surface area contributed by atoms with E-state index in [4.69, 9.17) is 0 Å². The lowest BCUT2D eigenvalue weighted by atomic mass is 9.90. The van der Waals surface area contributed by atoms with Crippen LogP contribution in [0.4, 0.5) is 0 Å². The van der Waals surface area contributed by atoms with E-state index in [0.29, 0.717) is 5.56 Å². The van der Waals surface area contributed by atoms with Crippen molar-refractivity contribution in [2.24, 2.45) is 0 Å². The molecule has 8 nitrogen and oxygen atoms in total. The van der Waals surface area contributed by atoms with Gasteiger partial charge in [-0.25, -0.2) is 4.68 Å². The number of nitrogens with zero attached hydrogens (tertiary/aromatic N) is 4. The largest absolute Gasteiger partial charge is 0.273 e. The number of tetrazole rings is 1. The lowest BCUT2D eigenvalue weighted by Crippen LogP contribution is -2.42. The van der Waals surface area contributed by atoms with E-state index in [1.165, 1.54) is 35.0 Å². The minimum absolute atomic E-state index is 0.228. The number of aromatic nitrogens is 4. The number of nitrogens with one attached hydrogen (secondary N) is 2. The third-order valence-electron chi connectivity index (χ3n) is 4.84. The number of hydrazine groups is 1. The van der Waals surface area contributed by atoms with Gasteiger partial charge in [0.15, 0.2) is 0 Å². The van der Waals surface area contributed by atoms with Gasteiger partial charge in [0.05, 0.1) is 12.1 Å². The number of fused-ring (bicyclic) bond motifs is 1. The first-order valence-electron chi connectivity index (χ1n) is 9.22. The van der Waals surface area contributed by atoms with Crippen molar-refractivity contribution in [3.8, 4) is 5.69 Å². The highest BCUT2D eigenvalue weighted by Gasteiger charge is 2.12. The maximum atomic E-state index is 12.2. The van der Waals surface area contributed by atoms with Crippen LogP contribution < -0.4 is 10.9 Å². The van der Waals surface area contributed by atoms with E-state index in [2.05, 4.69) is 38.5 Å². The molecule has 3 aromatic rings. The highest BCUT2D eigenvalue weighted by Crippen LogP contribution is 2.22. The molecule has 0 bridgehead atoms. The molecule has 4 rings (SSSR count). The average molecular weight is 376 g/mol. The van der Waals surface area contributed by atoms with Crippen LogP contribution in [0.5, 0.6) is 0 Å². The second kappa shape index (κ2) is 7.99. The van der Waals surface area contributed by atoms with E-state index in [1.54, 1.807) is 24.3 Å². The second-order valence-electron chi connectivity index (χ2n) is 6.79. The van der Waals surface area contributed by atoms with Crippen molar-refractivity contribution in [1.82, 2.24) is 31.1 Å². The summed E-state index contributed by atoms with van der Waals surface area (Å²) in [6.07, 6.45) is 6.31. The lowest BCUT2D eigenvalue weighted by Gasteiger charge is -2.16. The Morgan fingerprint density at radius 1 is 0.964 bits per heavy atom. The lowest BCUT2D eigenvalue weighted by molar-refractivity contribution is -0.121. The highest BCUT2D eigenvalue weighted by molar-refractivity contribution is 5.95. The summed E-state index contributed by atoms with van der Waals surface area (Å²) in [4.78, 5) is 24.4. The van der Waals surface area contributed by atoms with E-state index in [9.17, 15) is 9.59 Å². The normalized spacial score (nSPS) is 12.9. The maximum Gasteiger partial charge on any atom is 0.269 e. The molecule has 1 aliphatic rings. The molecule has 0 saturated heterocycles. The number of benzene rings is 2. The molecule has 0 atom stereocenters. The van der Waals surface area contributed by atoms with E-state index < -0.39 is 0 Å². The molecule has 0 unspecified atom stereocenters. The standard InChI is InChI=1S/C20H20N6O2/c27-19(12-14-5-6-15-3-1-2-4-17(15)11-14)22-23-20(28)16-7-9-18(10-8-16)26-13-21-24-25-26/h5-11,13H,1-4,12H2,(H,22,27)(H,23,28). The molecule has 8 heteroatoms. The van der Waals surface area contributed by atoms with Crippen LogP contribution in [-0.2, 0) is 24.1 Å². The van der Waals surface area contributed by atoms with Gasteiger partial charge in [-0.15, -0.1) is 5.10 Å². The third-order valence-corrected chi connectivity index (χ3v) is 4.84. The number of rotatable bonds is 4. The van der Waals surface area contributed by atoms with Crippen molar-refractivity contribution in [2.75, 3.05) is 0 Å². The third kappa shape index (κ3) is 4.06. The molecule has 1 aliphatic carbocycles. The zero-order chi connectivity index (χ0) is 19.3. The second-order valence-corrected chi connectivity index (χ2v) is 6.79. The van der Waals surface area contributed by atoms with Gasteiger partial charge in [-0.1, -0.05) is 18.2 Å². The monoisotopic (exact) mass is 376 g/mol. The van der Waals surface area contributed by atoms with Crippen molar-refractivity contribution >= 4 is 11.8 Å². The number of amides is 2. The molecular formula is C20H20N6O2. The minimum Gasteiger partial charge on any atom is -0.273 e. The molecule has 2 amide bonds. The Morgan fingerprint density at radius 3 is 2.50 bits per heavy atom. The zero-order valence-corrected chi connectivity index (χ0v) is 15.3. The van der Waals surface area contributed by atoms with Crippen LogP contribution >= 0.6 is 0 Å². The first-order chi connectivity index (χ1) is 13.7. The molecule has 2 aromatic carbocycles. The molecule has 0 radical (unpaired) electrons. The number of carbonyl (C=O) groups is 2. The van der Waals surface area contributed by atoms with Crippen LogP contribution in [0.3, 0.4) is 0 Å². The van der Waals surface area contributed by atoms with Gasteiger partial charge in [0, 0.05) is 5.56 Å². The number of aryl methyl sites for hydroxylation is 2. The van der Waals surface area contributed by atoms with Crippen molar-refractivity contribution in [3.63, 3.8) is 0 Å². The van der Waals surface area contributed by atoms with E-state index in [-0.39, 0.29) is 18.2 Å². The quantitative estimate of drug-likeness (QED) is 0.673. The summed E-state index contributed by atoms with van der Waals surface area (Å²) in [6, 6.07) is 12.9. The average Bonchev–Trinajstić information content (AvgIpc) is 3.27. The molecule has 0 fully saturated rings. The van der Waals surface area contributed by atoms with Gasteiger partial charge in [-0.3, -0.25) is 20.4 Å². The zero-order valence-electron chi connectivity index (χ0n) is 15.3. The first kappa shape index (κ1) is 17.8. The topological polar surface area (TPSA) is 102 Å². The van der Waals surface area contributed by atoms with Crippen LogP contribution in [0.1, 0.15) is 39.9 Å². The number of hydrogen-bond acceptors (Lipinski definition) is 5. The van der Waals surface area contributed by atoms with Crippen molar-refractivity contribution in [3.05, 3.63) is 71.0 Å². The molecule has 142 valence electrons. The predicted molar refractivity (Wildman–Crippen MR) is 102 cm³/mol. The van der Waals surface area contributed by atoms with Gasteiger partial charge in [-0.2, -0.15) is 0 Å². The smallest absolute Gasteiger partial charge is 0.269 e. The summed E-state index contributed by atoms with van der Waals surface area (Å²) in [5, 5.41) is 10.9. The van der Waals surface area contributed by atoms with E-state index in [1.807, 2.05) is 6.07 Å². The van der Waals surface area contributed by atoms with Gasteiger partial charge in [0.25, 0.3) is 5.91 Å². The number of carbonyl (C=O) groups excluding carboxylic acids is 2.